The first kappa shape index (κ1) is 13.3. The molecule has 0 saturated carbocycles. The number of morpholine rings is 1. The molecule has 0 radical (unpaired) electrons. The summed E-state index contributed by atoms with van der Waals surface area (Å²) < 4.78 is 11.3. The summed E-state index contributed by atoms with van der Waals surface area (Å²) in [5, 5.41) is 0. The molecule has 2 fully saturated rings. The van der Waals surface area contributed by atoms with E-state index in [4.69, 9.17) is 15.2 Å². The summed E-state index contributed by atoms with van der Waals surface area (Å²) in [6, 6.07) is 0.753. The third-order valence-electron chi connectivity index (χ3n) is 4.09. The van der Waals surface area contributed by atoms with Gasteiger partial charge < -0.3 is 15.2 Å². The fraction of sp³-hybridized carbons (Fsp3) is 1.00. The van der Waals surface area contributed by atoms with Crippen molar-refractivity contribution < 1.29 is 9.47 Å². The maximum Gasteiger partial charge on any atom is 0.0856 e. The molecule has 2 heterocycles. The third kappa shape index (κ3) is 3.41. The molecule has 2 aliphatic heterocycles. The first-order valence-electron chi connectivity index (χ1n) is 6.87. The number of hydrogen-bond acceptors (Lipinski definition) is 4. The minimum Gasteiger partial charge on any atom is -0.381 e. The van der Waals surface area contributed by atoms with E-state index in [-0.39, 0.29) is 12.1 Å². The number of nitrogens with two attached hydrogens (primary N) is 1. The lowest BCUT2D eigenvalue weighted by atomic mass is 9.88. The molecule has 0 aliphatic carbocycles. The molecule has 0 amide bonds. The standard InChI is InChI=1S/C13H26N2O2/c1-10(2)15-5-8-17-12(9-15)13(14)11-3-6-16-7-4-11/h10-13H,3-9,14H2,1-2H3. The van der Waals surface area contributed by atoms with Gasteiger partial charge in [0.25, 0.3) is 0 Å². The van der Waals surface area contributed by atoms with Gasteiger partial charge in [-0.15, -0.1) is 0 Å². The van der Waals surface area contributed by atoms with Crippen LogP contribution >= 0.6 is 0 Å². The molecule has 17 heavy (non-hydrogen) atoms. The Labute approximate surface area is 104 Å². The van der Waals surface area contributed by atoms with Gasteiger partial charge in [0.1, 0.15) is 0 Å². The molecule has 2 rings (SSSR count). The molecule has 0 spiro atoms. The Bertz CT molecular complexity index is 229. The van der Waals surface area contributed by atoms with Crippen LogP contribution in [0.4, 0.5) is 0 Å². The van der Waals surface area contributed by atoms with E-state index in [0.717, 1.165) is 45.8 Å². The zero-order valence-corrected chi connectivity index (χ0v) is 11.1. The Balaban J connectivity index is 1.87. The summed E-state index contributed by atoms with van der Waals surface area (Å²) in [5.74, 6) is 0.570. The molecular weight excluding hydrogens is 216 g/mol. The van der Waals surface area contributed by atoms with E-state index in [2.05, 4.69) is 18.7 Å². The van der Waals surface area contributed by atoms with Crippen molar-refractivity contribution in [3.8, 4) is 0 Å². The molecule has 0 bridgehead atoms. The van der Waals surface area contributed by atoms with Gasteiger partial charge in [0.05, 0.1) is 12.7 Å². The SMILES string of the molecule is CC(C)N1CCOC(C(N)C2CCOCC2)C1. The van der Waals surface area contributed by atoms with Crippen LogP contribution in [-0.4, -0.2) is 56.0 Å². The smallest absolute Gasteiger partial charge is 0.0856 e. The topological polar surface area (TPSA) is 47.7 Å². The van der Waals surface area contributed by atoms with Crippen molar-refractivity contribution in [2.75, 3.05) is 32.9 Å². The lowest BCUT2D eigenvalue weighted by molar-refractivity contribution is -0.0667. The van der Waals surface area contributed by atoms with E-state index < -0.39 is 0 Å². The number of ether oxygens (including phenoxy) is 2. The maximum absolute atomic E-state index is 6.38. The van der Waals surface area contributed by atoms with Crippen LogP contribution in [0, 0.1) is 5.92 Å². The second-order valence-electron chi connectivity index (χ2n) is 5.53. The predicted molar refractivity (Wildman–Crippen MR) is 68.0 cm³/mol. The highest BCUT2D eigenvalue weighted by Crippen LogP contribution is 2.23. The minimum absolute atomic E-state index is 0.167. The molecule has 0 aromatic rings. The summed E-state index contributed by atoms with van der Waals surface area (Å²) in [6.07, 6.45) is 2.38. The van der Waals surface area contributed by atoms with Crippen molar-refractivity contribution in [2.24, 2.45) is 11.7 Å². The highest BCUT2D eigenvalue weighted by Gasteiger charge is 2.32. The first-order chi connectivity index (χ1) is 8.18. The summed E-state index contributed by atoms with van der Waals surface area (Å²) >= 11 is 0. The highest BCUT2D eigenvalue weighted by molar-refractivity contribution is 4.87. The molecule has 4 heteroatoms. The van der Waals surface area contributed by atoms with Gasteiger partial charge in [-0.1, -0.05) is 0 Å². The van der Waals surface area contributed by atoms with E-state index >= 15 is 0 Å². The van der Waals surface area contributed by atoms with Crippen LogP contribution in [0.15, 0.2) is 0 Å². The Hall–Kier alpha value is -0.160. The molecule has 2 unspecified atom stereocenters. The van der Waals surface area contributed by atoms with Crippen molar-refractivity contribution in [3.63, 3.8) is 0 Å². The maximum atomic E-state index is 6.38. The van der Waals surface area contributed by atoms with E-state index in [1.54, 1.807) is 0 Å². The third-order valence-corrected chi connectivity index (χ3v) is 4.09. The predicted octanol–water partition coefficient (Wildman–Crippen LogP) is 0.849. The van der Waals surface area contributed by atoms with Crippen molar-refractivity contribution in [3.05, 3.63) is 0 Å². The van der Waals surface area contributed by atoms with E-state index in [1.165, 1.54) is 0 Å². The zero-order valence-electron chi connectivity index (χ0n) is 11.1. The Kier molecular flexibility index (Phi) is 4.79. The van der Waals surface area contributed by atoms with Crippen LogP contribution in [-0.2, 0) is 9.47 Å². The Morgan fingerprint density at radius 3 is 2.53 bits per heavy atom. The Morgan fingerprint density at radius 1 is 1.18 bits per heavy atom. The lowest BCUT2D eigenvalue weighted by Crippen LogP contribution is -2.55. The molecule has 100 valence electrons. The van der Waals surface area contributed by atoms with Crippen molar-refractivity contribution in [1.29, 1.82) is 0 Å². The quantitative estimate of drug-likeness (QED) is 0.797. The van der Waals surface area contributed by atoms with E-state index in [0.29, 0.717) is 12.0 Å². The molecule has 2 aliphatic rings. The van der Waals surface area contributed by atoms with Crippen LogP contribution in [0.25, 0.3) is 0 Å². The summed E-state index contributed by atoms with van der Waals surface area (Å²) in [7, 11) is 0. The minimum atomic E-state index is 0.167. The summed E-state index contributed by atoms with van der Waals surface area (Å²) in [6.45, 7) is 9.04. The fourth-order valence-electron chi connectivity index (χ4n) is 2.80. The fourth-order valence-corrected chi connectivity index (χ4v) is 2.80. The van der Waals surface area contributed by atoms with Crippen LogP contribution < -0.4 is 5.73 Å². The van der Waals surface area contributed by atoms with E-state index in [1.807, 2.05) is 0 Å². The highest BCUT2D eigenvalue weighted by atomic mass is 16.5. The number of rotatable bonds is 3. The van der Waals surface area contributed by atoms with Crippen molar-refractivity contribution in [2.45, 2.75) is 44.9 Å². The largest absolute Gasteiger partial charge is 0.381 e. The lowest BCUT2D eigenvalue weighted by Gasteiger charge is -2.40. The molecular formula is C13H26N2O2. The second kappa shape index (κ2) is 6.14. The molecule has 2 N–H and O–H groups in total. The second-order valence-corrected chi connectivity index (χ2v) is 5.53. The number of nitrogens with zero attached hydrogens (tertiary/aromatic N) is 1. The van der Waals surface area contributed by atoms with Gasteiger partial charge in [-0.2, -0.15) is 0 Å². The molecule has 0 aromatic carbocycles. The van der Waals surface area contributed by atoms with Crippen molar-refractivity contribution in [1.82, 2.24) is 4.90 Å². The molecule has 0 aromatic heterocycles. The van der Waals surface area contributed by atoms with Crippen LogP contribution in [0.3, 0.4) is 0 Å². The van der Waals surface area contributed by atoms with Gasteiger partial charge in [-0.25, -0.2) is 0 Å². The van der Waals surface area contributed by atoms with Gasteiger partial charge in [-0.05, 0) is 32.6 Å². The van der Waals surface area contributed by atoms with Gasteiger partial charge in [0.15, 0.2) is 0 Å². The number of hydrogen-bond donors (Lipinski definition) is 1. The molecule has 2 atom stereocenters. The Morgan fingerprint density at radius 2 is 1.88 bits per heavy atom. The van der Waals surface area contributed by atoms with Crippen LogP contribution in [0.5, 0.6) is 0 Å². The van der Waals surface area contributed by atoms with Gasteiger partial charge in [-0.3, -0.25) is 4.90 Å². The van der Waals surface area contributed by atoms with Crippen LogP contribution in [0.2, 0.25) is 0 Å². The van der Waals surface area contributed by atoms with Gasteiger partial charge in [0.2, 0.25) is 0 Å². The monoisotopic (exact) mass is 242 g/mol. The van der Waals surface area contributed by atoms with Gasteiger partial charge in [0, 0.05) is 38.4 Å². The average molecular weight is 242 g/mol. The summed E-state index contributed by atoms with van der Waals surface area (Å²) in [5.41, 5.74) is 6.38. The van der Waals surface area contributed by atoms with Crippen molar-refractivity contribution >= 4 is 0 Å². The van der Waals surface area contributed by atoms with Gasteiger partial charge >= 0.3 is 0 Å². The average Bonchev–Trinajstić information content (AvgIpc) is 2.39. The normalized spacial score (nSPS) is 30.7. The summed E-state index contributed by atoms with van der Waals surface area (Å²) in [4.78, 5) is 2.47. The zero-order chi connectivity index (χ0) is 12.3. The van der Waals surface area contributed by atoms with Crippen LogP contribution in [0.1, 0.15) is 26.7 Å². The first-order valence-corrected chi connectivity index (χ1v) is 6.87. The van der Waals surface area contributed by atoms with E-state index in [9.17, 15) is 0 Å². The molecule has 4 nitrogen and oxygen atoms in total. The molecule has 2 saturated heterocycles.